The molecule has 0 bridgehead atoms. The zero-order chi connectivity index (χ0) is 15.2. The van der Waals surface area contributed by atoms with Crippen LogP contribution in [0.2, 0.25) is 0 Å². The van der Waals surface area contributed by atoms with E-state index in [1.165, 1.54) is 0 Å². The van der Waals surface area contributed by atoms with Crippen molar-refractivity contribution in [3.8, 4) is 0 Å². The molecule has 20 heavy (non-hydrogen) atoms. The van der Waals surface area contributed by atoms with Gasteiger partial charge in [-0.2, -0.15) is 0 Å². The van der Waals surface area contributed by atoms with Gasteiger partial charge in [0.2, 0.25) is 0 Å². The fraction of sp³-hybridized carbons (Fsp3) is 0.933. The number of likely N-dealkylation sites (tertiary alicyclic amines) is 1. The van der Waals surface area contributed by atoms with E-state index in [1.54, 1.807) is 0 Å². The molecule has 5 nitrogen and oxygen atoms in total. The highest BCUT2D eigenvalue weighted by atomic mass is 16.6. The van der Waals surface area contributed by atoms with E-state index in [4.69, 9.17) is 9.84 Å². The number of carbonyl (C=O) groups is 1. The SMILES string of the molecule is CC1(CNCCCO)CCCN(C(=O)OC(C)(C)C)C1. The van der Waals surface area contributed by atoms with Gasteiger partial charge >= 0.3 is 6.09 Å². The molecular formula is C15H30N2O3. The maximum atomic E-state index is 12.1. The lowest BCUT2D eigenvalue weighted by molar-refractivity contribution is 0.00680. The van der Waals surface area contributed by atoms with Gasteiger partial charge in [0.25, 0.3) is 0 Å². The second kappa shape index (κ2) is 7.27. The Hall–Kier alpha value is -0.810. The fourth-order valence-electron chi connectivity index (χ4n) is 2.54. The van der Waals surface area contributed by atoms with Gasteiger partial charge in [0.1, 0.15) is 5.60 Å². The molecule has 2 N–H and O–H groups in total. The number of piperidine rings is 1. The smallest absolute Gasteiger partial charge is 0.410 e. The van der Waals surface area contributed by atoms with Gasteiger partial charge in [-0.25, -0.2) is 4.79 Å². The van der Waals surface area contributed by atoms with Crippen LogP contribution in [0.3, 0.4) is 0 Å². The maximum Gasteiger partial charge on any atom is 0.410 e. The average molecular weight is 286 g/mol. The summed E-state index contributed by atoms with van der Waals surface area (Å²) in [6, 6.07) is 0. The first kappa shape index (κ1) is 17.2. The molecule has 118 valence electrons. The normalized spacial score (nSPS) is 23.8. The first-order valence-electron chi connectivity index (χ1n) is 7.55. The van der Waals surface area contributed by atoms with Gasteiger partial charge in [-0.15, -0.1) is 0 Å². The zero-order valence-electron chi connectivity index (χ0n) is 13.4. The van der Waals surface area contributed by atoms with Crippen LogP contribution in [0.5, 0.6) is 0 Å². The third-order valence-electron chi connectivity index (χ3n) is 3.50. The molecule has 0 aliphatic carbocycles. The summed E-state index contributed by atoms with van der Waals surface area (Å²) in [4.78, 5) is 13.9. The predicted molar refractivity (Wildman–Crippen MR) is 79.7 cm³/mol. The standard InChI is InChI=1S/C15H30N2O3/c1-14(2,3)20-13(19)17-9-5-7-15(4,12-17)11-16-8-6-10-18/h16,18H,5-12H2,1-4H3. The molecule has 1 amide bonds. The quantitative estimate of drug-likeness (QED) is 0.759. The number of amides is 1. The molecule has 0 aromatic rings. The highest BCUT2D eigenvalue weighted by Gasteiger charge is 2.34. The number of ether oxygens (including phenoxy) is 1. The molecular weight excluding hydrogens is 256 g/mol. The second-order valence-corrected chi connectivity index (χ2v) is 7.07. The summed E-state index contributed by atoms with van der Waals surface area (Å²) in [5, 5.41) is 12.1. The number of aliphatic hydroxyl groups excluding tert-OH is 1. The largest absolute Gasteiger partial charge is 0.444 e. The number of nitrogens with one attached hydrogen (secondary N) is 1. The molecule has 1 rings (SSSR count). The van der Waals surface area contributed by atoms with Crippen LogP contribution in [0.1, 0.15) is 47.0 Å². The van der Waals surface area contributed by atoms with Gasteiger partial charge in [0.05, 0.1) is 0 Å². The lowest BCUT2D eigenvalue weighted by Gasteiger charge is -2.41. The fourth-order valence-corrected chi connectivity index (χ4v) is 2.54. The summed E-state index contributed by atoms with van der Waals surface area (Å²) >= 11 is 0. The Morgan fingerprint density at radius 2 is 2.15 bits per heavy atom. The van der Waals surface area contributed by atoms with E-state index in [0.29, 0.717) is 0 Å². The Morgan fingerprint density at radius 1 is 1.45 bits per heavy atom. The van der Waals surface area contributed by atoms with Crippen molar-refractivity contribution >= 4 is 6.09 Å². The summed E-state index contributed by atoms with van der Waals surface area (Å²) in [6.07, 6.45) is 2.68. The van der Waals surface area contributed by atoms with Crippen LogP contribution in [0.15, 0.2) is 0 Å². The average Bonchev–Trinajstić information content (AvgIpc) is 2.33. The molecule has 0 saturated carbocycles. The summed E-state index contributed by atoms with van der Waals surface area (Å²) in [7, 11) is 0. The number of aliphatic hydroxyl groups is 1. The highest BCUT2D eigenvalue weighted by molar-refractivity contribution is 5.68. The van der Waals surface area contributed by atoms with E-state index < -0.39 is 5.60 Å². The van der Waals surface area contributed by atoms with Gasteiger partial charge < -0.3 is 20.1 Å². The van der Waals surface area contributed by atoms with E-state index in [2.05, 4.69) is 12.2 Å². The van der Waals surface area contributed by atoms with Crippen LogP contribution in [0.4, 0.5) is 4.79 Å². The molecule has 0 spiro atoms. The lowest BCUT2D eigenvalue weighted by Crippen LogP contribution is -2.50. The predicted octanol–water partition coefficient (Wildman–Crippen LogP) is 2.00. The van der Waals surface area contributed by atoms with E-state index in [0.717, 1.165) is 45.4 Å². The topological polar surface area (TPSA) is 61.8 Å². The molecule has 1 saturated heterocycles. The van der Waals surface area contributed by atoms with Crippen molar-refractivity contribution in [1.82, 2.24) is 10.2 Å². The Bertz CT molecular complexity index is 315. The molecule has 0 radical (unpaired) electrons. The molecule has 1 atom stereocenters. The van der Waals surface area contributed by atoms with E-state index in [1.807, 2.05) is 25.7 Å². The monoisotopic (exact) mass is 286 g/mol. The van der Waals surface area contributed by atoms with E-state index >= 15 is 0 Å². The lowest BCUT2D eigenvalue weighted by atomic mass is 9.82. The van der Waals surface area contributed by atoms with Crippen LogP contribution < -0.4 is 5.32 Å². The van der Waals surface area contributed by atoms with Crippen molar-refractivity contribution in [3.63, 3.8) is 0 Å². The van der Waals surface area contributed by atoms with Crippen molar-refractivity contribution < 1.29 is 14.6 Å². The summed E-state index contributed by atoms with van der Waals surface area (Å²) in [6.45, 7) is 11.3. The number of hydrogen-bond acceptors (Lipinski definition) is 4. The molecule has 0 aromatic carbocycles. The molecule has 1 aliphatic heterocycles. The van der Waals surface area contributed by atoms with Gasteiger partial charge in [-0.1, -0.05) is 6.92 Å². The summed E-state index contributed by atoms with van der Waals surface area (Å²) in [5.74, 6) is 0. The number of hydrogen-bond donors (Lipinski definition) is 2. The number of rotatable bonds is 5. The number of carbonyl (C=O) groups excluding carboxylic acids is 1. The van der Waals surface area contributed by atoms with Crippen LogP contribution in [0.25, 0.3) is 0 Å². The Kier molecular flexibility index (Phi) is 6.27. The van der Waals surface area contributed by atoms with Crippen molar-refractivity contribution in [3.05, 3.63) is 0 Å². The van der Waals surface area contributed by atoms with Crippen molar-refractivity contribution in [2.24, 2.45) is 5.41 Å². The Balaban J connectivity index is 2.46. The van der Waals surface area contributed by atoms with Crippen molar-refractivity contribution in [2.75, 3.05) is 32.8 Å². The molecule has 0 aromatic heterocycles. The first-order chi connectivity index (χ1) is 9.26. The Morgan fingerprint density at radius 3 is 2.75 bits per heavy atom. The van der Waals surface area contributed by atoms with Crippen LogP contribution in [-0.2, 0) is 4.74 Å². The minimum atomic E-state index is -0.440. The first-order valence-corrected chi connectivity index (χ1v) is 7.55. The minimum absolute atomic E-state index is 0.0879. The second-order valence-electron chi connectivity index (χ2n) is 7.07. The number of nitrogens with zero attached hydrogens (tertiary/aromatic N) is 1. The zero-order valence-corrected chi connectivity index (χ0v) is 13.4. The molecule has 1 unspecified atom stereocenters. The Labute approximate surface area is 122 Å². The van der Waals surface area contributed by atoms with Gasteiger partial charge in [0.15, 0.2) is 0 Å². The third kappa shape index (κ3) is 6.09. The summed E-state index contributed by atoms with van der Waals surface area (Å²) in [5.41, 5.74) is -0.352. The minimum Gasteiger partial charge on any atom is -0.444 e. The van der Waals surface area contributed by atoms with Crippen molar-refractivity contribution in [2.45, 2.75) is 52.6 Å². The van der Waals surface area contributed by atoms with E-state index in [9.17, 15) is 4.79 Å². The third-order valence-corrected chi connectivity index (χ3v) is 3.50. The highest BCUT2D eigenvalue weighted by Crippen LogP contribution is 2.29. The maximum absolute atomic E-state index is 12.1. The molecule has 1 fully saturated rings. The van der Waals surface area contributed by atoms with E-state index in [-0.39, 0.29) is 18.1 Å². The molecule has 1 aliphatic rings. The van der Waals surface area contributed by atoms with Crippen LogP contribution in [-0.4, -0.2) is 54.5 Å². The summed E-state index contributed by atoms with van der Waals surface area (Å²) < 4.78 is 5.45. The molecule has 1 heterocycles. The van der Waals surface area contributed by atoms with Crippen LogP contribution >= 0.6 is 0 Å². The molecule has 5 heteroatoms. The van der Waals surface area contributed by atoms with Gasteiger partial charge in [0, 0.05) is 26.2 Å². The van der Waals surface area contributed by atoms with Gasteiger partial charge in [-0.05, 0) is 52.0 Å². The van der Waals surface area contributed by atoms with Crippen LogP contribution in [0, 0.1) is 5.41 Å². The van der Waals surface area contributed by atoms with Gasteiger partial charge in [-0.3, -0.25) is 0 Å². The van der Waals surface area contributed by atoms with Crippen molar-refractivity contribution in [1.29, 1.82) is 0 Å².